The zero-order chi connectivity index (χ0) is 11.7. The summed E-state index contributed by atoms with van der Waals surface area (Å²) in [5.74, 6) is 0.129. The lowest BCUT2D eigenvalue weighted by Crippen LogP contribution is -1.99. The van der Waals surface area contributed by atoms with E-state index in [0.717, 1.165) is 33.1 Å². The van der Waals surface area contributed by atoms with E-state index in [0.29, 0.717) is 0 Å². The van der Waals surface area contributed by atoms with Crippen LogP contribution in [0, 0.1) is 0 Å². The summed E-state index contributed by atoms with van der Waals surface area (Å²) in [5, 5.41) is 14.5. The maximum absolute atomic E-state index is 5.48. The fourth-order valence-electron chi connectivity index (χ4n) is 1.32. The van der Waals surface area contributed by atoms with Crippen molar-refractivity contribution in [2.24, 2.45) is 5.10 Å². The average molecular weight is 246 g/mol. The van der Waals surface area contributed by atoms with Crippen molar-refractivity contribution in [1.82, 2.24) is 29.1 Å². The molecule has 0 fully saturated rings. The summed E-state index contributed by atoms with van der Waals surface area (Å²) in [7, 11) is 0. The first-order valence-corrected chi connectivity index (χ1v) is 5.37. The van der Waals surface area contributed by atoms with Gasteiger partial charge in [-0.15, -0.1) is 0 Å². The maximum Gasteiger partial charge on any atom is 0.263 e. The monoisotopic (exact) mass is 246 g/mol. The van der Waals surface area contributed by atoms with Gasteiger partial charge in [-0.05, 0) is 16.5 Å². The van der Waals surface area contributed by atoms with E-state index in [1.807, 2.05) is 18.2 Å². The van der Waals surface area contributed by atoms with Gasteiger partial charge in [0.2, 0.25) is 0 Å². The van der Waals surface area contributed by atoms with Crippen LogP contribution in [-0.2, 0) is 0 Å². The number of hydrogen-bond donors (Lipinski definition) is 1. The normalized spacial score (nSPS) is 11.5. The highest BCUT2D eigenvalue weighted by Gasteiger charge is 2.03. The van der Waals surface area contributed by atoms with Gasteiger partial charge in [-0.3, -0.25) is 0 Å². The summed E-state index contributed by atoms with van der Waals surface area (Å²) in [4.78, 5) is 1.14. The molecule has 2 N–H and O–H groups in total. The highest BCUT2D eigenvalue weighted by Crippen LogP contribution is 2.14. The lowest BCUT2D eigenvalue weighted by molar-refractivity contribution is 0.700. The number of hydrogen-bond acceptors (Lipinski definition) is 8. The molecule has 8 nitrogen and oxygen atoms in total. The van der Waals surface area contributed by atoms with E-state index in [4.69, 9.17) is 5.73 Å². The number of fused-ring (bicyclic) bond motifs is 1. The molecule has 0 bridgehead atoms. The fourth-order valence-corrected chi connectivity index (χ4v) is 1.88. The molecule has 84 valence electrons. The van der Waals surface area contributed by atoms with Crippen molar-refractivity contribution >= 4 is 34.9 Å². The predicted octanol–water partition coefficient (Wildman–Crippen LogP) is 0.142. The van der Waals surface area contributed by atoms with Gasteiger partial charge in [0.05, 0.1) is 17.9 Å². The Morgan fingerprint density at radius 2 is 2.29 bits per heavy atom. The molecule has 0 spiro atoms. The van der Waals surface area contributed by atoms with E-state index < -0.39 is 0 Å². The van der Waals surface area contributed by atoms with Crippen LogP contribution in [0.25, 0.3) is 11.0 Å². The summed E-state index contributed by atoms with van der Waals surface area (Å²) >= 11 is 1.16. The average Bonchev–Trinajstić information content (AvgIpc) is 2.95. The second kappa shape index (κ2) is 3.87. The fraction of sp³-hybridized carbons (Fsp3) is 0. The van der Waals surface area contributed by atoms with Crippen molar-refractivity contribution in [3.63, 3.8) is 0 Å². The molecule has 9 heteroatoms. The van der Waals surface area contributed by atoms with Crippen LogP contribution in [0.1, 0.15) is 5.56 Å². The predicted molar refractivity (Wildman–Crippen MR) is 62.6 cm³/mol. The third-order valence-electron chi connectivity index (χ3n) is 2.10. The molecule has 17 heavy (non-hydrogen) atoms. The first kappa shape index (κ1) is 9.78. The Balaban J connectivity index is 2.03. The van der Waals surface area contributed by atoms with Gasteiger partial charge < -0.3 is 5.73 Å². The Bertz CT molecular complexity index is 683. The Morgan fingerprint density at radius 1 is 1.35 bits per heavy atom. The van der Waals surface area contributed by atoms with Crippen LogP contribution in [0.4, 0.5) is 5.95 Å². The summed E-state index contributed by atoms with van der Waals surface area (Å²) in [6, 6.07) is 5.66. The zero-order valence-corrected chi connectivity index (χ0v) is 9.24. The molecule has 3 rings (SSSR count). The number of nitrogens with two attached hydrogens (primary N) is 1. The second-order valence-corrected chi connectivity index (χ2v) is 3.68. The SMILES string of the molecule is Nc1nnnn1/N=C/c1cccc2nsnc12. The molecule has 0 atom stereocenters. The van der Waals surface area contributed by atoms with E-state index in [1.54, 1.807) is 6.21 Å². The number of rotatable bonds is 2. The standard InChI is InChI=1S/C8H6N8S/c9-8-11-14-15-16(8)10-4-5-2-1-3-6-7(5)13-17-12-6/h1-4H,(H2,9,11,15)/b10-4+. The first-order chi connectivity index (χ1) is 8.34. The molecule has 3 aromatic rings. The quantitative estimate of drug-likeness (QED) is 0.644. The van der Waals surface area contributed by atoms with E-state index in [1.165, 1.54) is 0 Å². The van der Waals surface area contributed by atoms with Gasteiger partial charge in [-0.2, -0.15) is 13.8 Å². The Kier molecular flexibility index (Phi) is 2.22. The van der Waals surface area contributed by atoms with Gasteiger partial charge >= 0.3 is 0 Å². The molecule has 0 saturated heterocycles. The molecule has 0 aliphatic carbocycles. The molecule has 2 aromatic heterocycles. The van der Waals surface area contributed by atoms with Gasteiger partial charge in [0.1, 0.15) is 11.0 Å². The number of aromatic nitrogens is 6. The lowest BCUT2D eigenvalue weighted by atomic mass is 10.2. The van der Waals surface area contributed by atoms with Crippen LogP contribution in [0.3, 0.4) is 0 Å². The molecule has 0 aliphatic rings. The number of tetrazole rings is 1. The molecule has 1 aromatic carbocycles. The van der Waals surface area contributed by atoms with E-state index >= 15 is 0 Å². The second-order valence-electron chi connectivity index (χ2n) is 3.15. The van der Waals surface area contributed by atoms with Crippen molar-refractivity contribution < 1.29 is 0 Å². The molecule has 0 amide bonds. The topological polar surface area (TPSA) is 108 Å². The summed E-state index contributed by atoms with van der Waals surface area (Å²) < 4.78 is 8.33. The van der Waals surface area contributed by atoms with Crippen LogP contribution >= 0.6 is 11.7 Å². The highest BCUT2D eigenvalue weighted by atomic mass is 32.1. The maximum atomic E-state index is 5.48. The minimum Gasteiger partial charge on any atom is -0.365 e. The molecule has 0 radical (unpaired) electrons. The third kappa shape index (κ3) is 1.72. The van der Waals surface area contributed by atoms with Crippen LogP contribution in [-0.4, -0.2) is 35.3 Å². The Morgan fingerprint density at radius 3 is 3.12 bits per heavy atom. The first-order valence-electron chi connectivity index (χ1n) is 4.64. The molecular weight excluding hydrogens is 240 g/mol. The van der Waals surface area contributed by atoms with E-state index in [9.17, 15) is 0 Å². The Labute approximate surface area is 99.1 Å². The number of nitrogen functional groups attached to an aromatic ring is 1. The number of nitrogens with zero attached hydrogens (tertiary/aromatic N) is 7. The van der Waals surface area contributed by atoms with Crippen LogP contribution in [0.15, 0.2) is 23.3 Å². The molecule has 0 aliphatic heterocycles. The van der Waals surface area contributed by atoms with Gasteiger partial charge in [0.15, 0.2) is 0 Å². The van der Waals surface area contributed by atoms with Gasteiger partial charge in [0, 0.05) is 5.56 Å². The van der Waals surface area contributed by atoms with Crippen LogP contribution < -0.4 is 5.73 Å². The highest BCUT2D eigenvalue weighted by molar-refractivity contribution is 7.00. The van der Waals surface area contributed by atoms with Crippen molar-refractivity contribution in [2.45, 2.75) is 0 Å². The zero-order valence-electron chi connectivity index (χ0n) is 8.43. The van der Waals surface area contributed by atoms with Crippen LogP contribution in [0.5, 0.6) is 0 Å². The lowest BCUT2D eigenvalue weighted by Gasteiger charge is -1.93. The minimum atomic E-state index is 0.129. The van der Waals surface area contributed by atoms with Crippen LogP contribution in [0.2, 0.25) is 0 Å². The van der Waals surface area contributed by atoms with Crippen molar-refractivity contribution in [3.8, 4) is 0 Å². The van der Waals surface area contributed by atoms with E-state index in [2.05, 4.69) is 29.4 Å². The number of anilines is 1. The largest absolute Gasteiger partial charge is 0.365 e. The smallest absolute Gasteiger partial charge is 0.263 e. The van der Waals surface area contributed by atoms with Crippen molar-refractivity contribution in [1.29, 1.82) is 0 Å². The van der Waals surface area contributed by atoms with Gasteiger partial charge in [-0.25, -0.2) is 0 Å². The van der Waals surface area contributed by atoms with Crippen molar-refractivity contribution in [2.75, 3.05) is 5.73 Å². The van der Waals surface area contributed by atoms with Gasteiger partial charge in [0.25, 0.3) is 5.95 Å². The Hall–Kier alpha value is -2.42. The summed E-state index contributed by atoms with van der Waals surface area (Å²) in [6.45, 7) is 0. The summed E-state index contributed by atoms with van der Waals surface area (Å²) in [5.41, 5.74) is 7.96. The minimum absolute atomic E-state index is 0.129. The van der Waals surface area contributed by atoms with E-state index in [-0.39, 0.29) is 5.95 Å². The molecule has 2 heterocycles. The number of benzene rings is 1. The molecule has 0 saturated carbocycles. The molecule has 0 unspecified atom stereocenters. The van der Waals surface area contributed by atoms with Gasteiger partial charge in [-0.1, -0.05) is 22.0 Å². The molecular formula is C8H6N8S. The van der Waals surface area contributed by atoms with Crippen molar-refractivity contribution in [3.05, 3.63) is 23.8 Å². The summed E-state index contributed by atoms with van der Waals surface area (Å²) in [6.07, 6.45) is 1.59. The third-order valence-corrected chi connectivity index (χ3v) is 2.64.